The van der Waals surface area contributed by atoms with E-state index in [-0.39, 0.29) is 24.7 Å². The molecule has 3 aromatic rings. The van der Waals surface area contributed by atoms with Crippen molar-refractivity contribution in [2.75, 3.05) is 11.9 Å². The molecule has 3 amide bonds. The van der Waals surface area contributed by atoms with Crippen molar-refractivity contribution in [1.29, 1.82) is 0 Å². The lowest BCUT2D eigenvalue weighted by atomic mass is 9.98. The van der Waals surface area contributed by atoms with E-state index >= 15 is 0 Å². The topological polar surface area (TPSA) is 101 Å². The van der Waals surface area contributed by atoms with Gasteiger partial charge in [0.1, 0.15) is 5.82 Å². The Morgan fingerprint density at radius 3 is 2.43 bits per heavy atom. The molecule has 6 nitrogen and oxygen atoms in total. The second-order valence-electron chi connectivity index (χ2n) is 6.65. The summed E-state index contributed by atoms with van der Waals surface area (Å²) in [6.07, 6.45) is 0.285. The number of hydrogen-bond acceptors (Lipinski definition) is 4. The molecule has 8 heteroatoms. The highest BCUT2D eigenvalue weighted by Crippen LogP contribution is 2.15. The monoisotopic (exact) mass is 425 g/mol. The van der Waals surface area contributed by atoms with Crippen LogP contribution in [0.1, 0.15) is 25.6 Å². The predicted molar refractivity (Wildman–Crippen MR) is 114 cm³/mol. The van der Waals surface area contributed by atoms with Crippen LogP contribution in [0.15, 0.2) is 66.0 Å². The van der Waals surface area contributed by atoms with Gasteiger partial charge in [0, 0.05) is 17.8 Å². The van der Waals surface area contributed by atoms with Gasteiger partial charge in [-0.2, -0.15) is 0 Å². The van der Waals surface area contributed by atoms with Crippen molar-refractivity contribution in [3.63, 3.8) is 0 Å². The Morgan fingerprint density at radius 2 is 1.77 bits per heavy atom. The van der Waals surface area contributed by atoms with E-state index in [0.717, 1.165) is 5.56 Å². The van der Waals surface area contributed by atoms with Crippen molar-refractivity contribution in [3.05, 3.63) is 87.9 Å². The third kappa shape index (κ3) is 5.74. The van der Waals surface area contributed by atoms with E-state index in [1.54, 1.807) is 53.9 Å². The smallest absolute Gasteiger partial charge is 0.265 e. The van der Waals surface area contributed by atoms with E-state index in [9.17, 15) is 18.8 Å². The zero-order valence-electron chi connectivity index (χ0n) is 15.9. The third-order valence-electron chi connectivity index (χ3n) is 4.43. The lowest BCUT2D eigenvalue weighted by Gasteiger charge is -2.15. The summed E-state index contributed by atoms with van der Waals surface area (Å²) in [5, 5.41) is 7.25. The minimum absolute atomic E-state index is 0.0390. The molecule has 154 valence electrons. The number of carbonyl (C=O) groups is 3. The van der Waals surface area contributed by atoms with Crippen molar-refractivity contribution in [2.45, 2.75) is 6.42 Å². The van der Waals surface area contributed by atoms with E-state index in [2.05, 4.69) is 10.6 Å². The summed E-state index contributed by atoms with van der Waals surface area (Å²) in [4.78, 5) is 37.0. The van der Waals surface area contributed by atoms with Gasteiger partial charge in [0.05, 0.1) is 10.8 Å². The molecule has 0 aliphatic heterocycles. The van der Waals surface area contributed by atoms with Gasteiger partial charge in [-0.05, 0) is 53.8 Å². The van der Waals surface area contributed by atoms with Crippen molar-refractivity contribution in [1.82, 2.24) is 5.32 Å². The molecule has 0 saturated carbocycles. The zero-order valence-corrected chi connectivity index (χ0v) is 16.7. The summed E-state index contributed by atoms with van der Waals surface area (Å²) < 4.78 is 13.0. The van der Waals surface area contributed by atoms with E-state index in [4.69, 9.17) is 5.73 Å². The maximum atomic E-state index is 13.0. The zero-order chi connectivity index (χ0) is 21.5. The van der Waals surface area contributed by atoms with Gasteiger partial charge in [-0.15, -0.1) is 11.3 Å². The Balaban J connectivity index is 1.61. The molecule has 0 spiro atoms. The van der Waals surface area contributed by atoms with Crippen LogP contribution in [-0.4, -0.2) is 24.3 Å². The first-order valence-electron chi connectivity index (χ1n) is 9.19. The van der Waals surface area contributed by atoms with E-state index in [0.29, 0.717) is 16.1 Å². The van der Waals surface area contributed by atoms with Crippen molar-refractivity contribution in [2.24, 2.45) is 11.7 Å². The quantitative estimate of drug-likeness (QED) is 0.516. The van der Waals surface area contributed by atoms with Crippen LogP contribution in [0.5, 0.6) is 0 Å². The van der Waals surface area contributed by atoms with Gasteiger partial charge >= 0.3 is 0 Å². The van der Waals surface area contributed by atoms with E-state index in [1.807, 2.05) is 0 Å². The molecule has 4 N–H and O–H groups in total. The fourth-order valence-electron chi connectivity index (χ4n) is 2.83. The molecule has 1 aromatic heterocycles. The van der Waals surface area contributed by atoms with Crippen LogP contribution < -0.4 is 16.4 Å². The number of benzene rings is 2. The Bertz CT molecular complexity index is 1040. The summed E-state index contributed by atoms with van der Waals surface area (Å²) >= 11 is 1.32. The minimum atomic E-state index is -0.638. The van der Waals surface area contributed by atoms with Gasteiger partial charge < -0.3 is 16.4 Å². The molecule has 3 rings (SSSR count). The molecule has 0 radical (unpaired) electrons. The number of hydrogen-bond donors (Lipinski definition) is 3. The van der Waals surface area contributed by atoms with Crippen LogP contribution in [0.4, 0.5) is 10.1 Å². The number of rotatable bonds is 8. The first-order chi connectivity index (χ1) is 14.4. The number of anilines is 1. The molecule has 0 saturated heterocycles. The normalized spacial score (nSPS) is 11.5. The molecule has 0 aliphatic rings. The lowest BCUT2D eigenvalue weighted by Crippen LogP contribution is -2.37. The number of nitrogens with two attached hydrogens (primary N) is 1. The largest absolute Gasteiger partial charge is 0.369 e. The second-order valence-corrected chi connectivity index (χ2v) is 7.60. The molecular formula is C22H20FN3O3S. The molecule has 1 heterocycles. The predicted octanol–water partition coefficient (Wildman–Crippen LogP) is 3.21. The van der Waals surface area contributed by atoms with Crippen LogP contribution in [0.3, 0.4) is 0 Å². The fraction of sp³-hybridized carbons (Fsp3) is 0.136. The van der Waals surface area contributed by atoms with Crippen LogP contribution in [0, 0.1) is 11.7 Å². The van der Waals surface area contributed by atoms with Crippen molar-refractivity contribution >= 4 is 34.7 Å². The second kappa shape index (κ2) is 9.80. The highest BCUT2D eigenvalue weighted by Gasteiger charge is 2.18. The van der Waals surface area contributed by atoms with E-state index in [1.165, 1.54) is 23.5 Å². The Labute approximate surface area is 176 Å². The van der Waals surface area contributed by atoms with Gasteiger partial charge in [-0.3, -0.25) is 14.4 Å². The SMILES string of the molecule is NC(=O)C(CNC(=O)c1cccc(NC(=O)c2cccs2)c1)Cc1ccc(F)cc1. The fourth-order valence-corrected chi connectivity index (χ4v) is 3.45. The van der Waals surface area contributed by atoms with Crippen LogP contribution >= 0.6 is 11.3 Å². The maximum Gasteiger partial charge on any atom is 0.265 e. The molecule has 0 aliphatic carbocycles. The number of halogens is 1. The molecule has 0 fully saturated rings. The van der Waals surface area contributed by atoms with E-state index < -0.39 is 17.7 Å². The minimum Gasteiger partial charge on any atom is -0.369 e. The molecule has 1 atom stereocenters. The number of primary amides is 1. The molecule has 30 heavy (non-hydrogen) atoms. The Morgan fingerprint density at radius 1 is 1.00 bits per heavy atom. The summed E-state index contributed by atoms with van der Waals surface area (Å²) in [7, 11) is 0. The highest BCUT2D eigenvalue weighted by atomic mass is 32.1. The van der Waals surface area contributed by atoms with Crippen LogP contribution in [0.2, 0.25) is 0 Å². The van der Waals surface area contributed by atoms with Gasteiger partial charge in [0.2, 0.25) is 5.91 Å². The molecule has 0 bridgehead atoms. The number of thiophene rings is 1. The van der Waals surface area contributed by atoms with Gasteiger partial charge in [-0.25, -0.2) is 4.39 Å². The Kier molecular flexibility index (Phi) is 6.92. The average Bonchev–Trinajstić information content (AvgIpc) is 3.27. The van der Waals surface area contributed by atoms with Crippen LogP contribution in [0.25, 0.3) is 0 Å². The standard InChI is InChI=1S/C22H20FN3O3S/c23-17-8-6-14(7-9-17)11-16(20(24)27)13-25-21(28)15-3-1-4-18(12-15)26-22(29)19-5-2-10-30-19/h1-10,12,16H,11,13H2,(H2,24,27)(H,25,28)(H,26,29). The lowest BCUT2D eigenvalue weighted by molar-refractivity contribution is -0.121. The van der Waals surface area contributed by atoms with Gasteiger partial charge in [-0.1, -0.05) is 24.3 Å². The number of nitrogens with one attached hydrogen (secondary N) is 2. The average molecular weight is 425 g/mol. The molecular weight excluding hydrogens is 405 g/mol. The van der Waals surface area contributed by atoms with Gasteiger partial charge in [0.25, 0.3) is 11.8 Å². The summed E-state index contributed by atoms with van der Waals surface area (Å²) in [5.41, 5.74) is 7.02. The number of amides is 3. The number of carbonyl (C=O) groups excluding carboxylic acids is 3. The summed E-state index contributed by atoms with van der Waals surface area (Å²) in [5.74, 6) is -2.21. The Hall–Kier alpha value is -3.52. The summed E-state index contributed by atoms with van der Waals surface area (Å²) in [6.45, 7) is 0.0390. The first-order valence-corrected chi connectivity index (χ1v) is 10.1. The summed E-state index contributed by atoms with van der Waals surface area (Å²) in [6, 6.07) is 15.8. The van der Waals surface area contributed by atoms with Crippen molar-refractivity contribution < 1.29 is 18.8 Å². The van der Waals surface area contributed by atoms with Crippen LogP contribution in [-0.2, 0) is 11.2 Å². The third-order valence-corrected chi connectivity index (χ3v) is 5.30. The van der Waals surface area contributed by atoms with Gasteiger partial charge in [0.15, 0.2) is 0 Å². The maximum absolute atomic E-state index is 13.0. The molecule has 2 aromatic carbocycles. The van der Waals surface area contributed by atoms with Crippen molar-refractivity contribution in [3.8, 4) is 0 Å². The first kappa shape index (κ1) is 21.2. The highest BCUT2D eigenvalue weighted by molar-refractivity contribution is 7.12. The molecule has 1 unspecified atom stereocenters.